The maximum Gasteiger partial charge on any atom is 0.335 e. The Bertz CT molecular complexity index is 1930. The molecule has 1 unspecified atom stereocenters. The van der Waals surface area contributed by atoms with Crippen LogP contribution in [-0.2, 0) is 24.3 Å². The summed E-state index contributed by atoms with van der Waals surface area (Å²) in [6.45, 7) is 0.723. The van der Waals surface area contributed by atoms with Crippen LogP contribution in [-0.4, -0.2) is 49.2 Å². The van der Waals surface area contributed by atoms with Gasteiger partial charge in [-0.05, 0) is 48.4 Å². The van der Waals surface area contributed by atoms with E-state index >= 15 is 8.78 Å². The Labute approximate surface area is 247 Å². The van der Waals surface area contributed by atoms with Crippen LogP contribution in [0, 0.1) is 17.5 Å². The average Bonchev–Trinajstić information content (AvgIpc) is 3.31. The number of halogens is 3. The topological polar surface area (TPSA) is 142 Å². The molecule has 1 aliphatic rings. The first-order chi connectivity index (χ1) is 21.2. The van der Waals surface area contributed by atoms with E-state index in [0.717, 1.165) is 30.8 Å². The third-order valence-electron chi connectivity index (χ3n) is 7.30. The van der Waals surface area contributed by atoms with Gasteiger partial charge in [-0.1, -0.05) is 6.07 Å². The molecular weight excluding hydrogens is 579 g/mol. The third kappa shape index (κ3) is 5.81. The Kier molecular flexibility index (Phi) is 7.70. The van der Waals surface area contributed by atoms with Gasteiger partial charge in [0.1, 0.15) is 35.6 Å². The number of aromatic carboxylic acids is 1. The minimum atomic E-state index is -1.09. The van der Waals surface area contributed by atoms with Crippen molar-refractivity contribution in [2.75, 3.05) is 6.61 Å². The molecule has 4 heterocycles. The number of carboxylic acids is 1. The second-order valence-corrected chi connectivity index (χ2v) is 10.2. The lowest BCUT2D eigenvalue weighted by molar-refractivity contribution is -0.0589. The van der Waals surface area contributed by atoms with Crippen LogP contribution >= 0.6 is 0 Å². The van der Waals surface area contributed by atoms with Gasteiger partial charge in [-0.2, -0.15) is 0 Å². The Morgan fingerprint density at radius 1 is 1.02 bits per heavy atom. The maximum atomic E-state index is 15.5. The number of nitrogens with zero attached hydrogens (tertiary/aromatic N) is 4. The van der Waals surface area contributed by atoms with Crippen molar-refractivity contribution >= 4 is 22.9 Å². The number of amides is 1. The molecule has 3 N–H and O–H groups in total. The highest BCUT2D eigenvalue weighted by Crippen LogP contribution is 2.29. The summed E-state index contributed by atoms with van der Waals surface area (Å²) in [4.78, 5) is 35.3. The number of primary amides is 1. The van der Waals surface area contributed by atoms with Gasteiger partial charge in [0, 0.05) is 42.5 Å². The number of ether oxygens (including phenoxy) is 2. The number of benzene rings is 2. The highest BCUT2D eigenvalue weighted by molar-refractivity contribution is 5.92. The van der Waals surface area contributed by atoms with E-state index < -0.39 is 29.3 Å². The molecule has 3 aromatic heterocycles. The van der Waals surface area contributed by atoms with Gasteiger partial charge < -0.3 is 24.9 Å². The van der Waals surface area contributed by atoms with E-state index in [1.165, 1.54) is 30.3 Å². The normalized spacial score (nSPS) is 14.4. The lowest BCUT2D eigenvalue weighted by atomic mass is 10.0. The number of carbonyl (C=O) groups is 2. The number of nitrogens with two attached hydrogens (primary N) is 1. The Morgan fingerprint density at radius 2 is 1.82 bits per heavy atom. The molecule has 13 heteroatoms. The summed E-state index contributed by atoms with van der Waals surface area (Å²) in [5, 5.41) is 9.45. The average molecular weight is 604 g/mol. The molecule has 1 saturated heterocycles. The molecule has 1 atom stereocenters. The van der Waals surface area contributed by atoms with Gasteiger partial charge in [-0.25, -0.2) is 27.9 Å². The SMILES string of the molecule is NC(=O)c1cc(F)c(COc2cccc(-c3cc(F)c(Cc4nc5ccc(C(=O)O)cc5n4CC4CCO4)cc3F)n2)cn1. The number of carbonyl (C=O) groups excluding carboxylic acids is 1. The maximum absolute atomic E-state index is 15.5. The lowest BCUT2D eigenvalue weighted by Gasteiger charge is -2.27. The molecule has 0 aliphatic carbocycles. The summed E-state index contributed by atoms with van der Waals surface area (Å²) in [5.41, 5.74) is 6.12. The first kappa shape index (κ1) is 28.8. The molecule has 1 fully saturated rings. The Balaban J connectivity index is 1.25. The highest BCUT2D eigenvalue weighted by Gasteiger charge is 2.24. The van der Waals surface area contributed by atoms with Crippen LogP contribution in [0.5, 0.6) is 5.88 Å². The number of rotatable bonds is 10. The fraction of sp³-hybridized carbons (Fsp3) is 0.194. The number of fused-ring (bicyclic) bond motifs is 1. The number of hydrogen-bond donors (Lipinski definition) is 2. The van der Waals surface area contributed by atoms with E-state index in [2.05, 4.69) is 15.0 Å². The van der Waals surface area contributed by atoms with Crippen LogP contribution < -0.4 is 10.5 Å². The molecule has 0 bridgehead atoms. The molecule has 5 aromatic rings. The number of hydrogen-bond acceptors (Lipinski definition) is 7. The van der Waals surface area contributed by atoms with Gasteiger partial charge in [0.25, 0.3) is 5.91 Å². The number of aromatic nitrogens is 4. The van der Waals surface area contributed by atoms with Gasteiger partial charge in [-0.15, -0.1) is 0 Å². The zero-order valence-corrected chi connectivity index (χ0v) is 23.0. The molecule has 0 spiro atoms. The smallest absolute Gasteiger partial charge is 0.335 e. The lowest BCUT2D eigenvalue weighted by Crippen LogP contribution is -2.31. The van der Waals surface area contributed by atoms with Crippen molar-refractivity contribution in [2.45, 2.75) is 32.1 Å². The van der Waals surface area contributed by atoms with E-state index in [1.54, 1.807) is 10.6 Å². The van der Waals surface area contributed by atoms with Gasteiger partial charge in [0.2, 0.25) is 5.88 Å². The zero-order valence-electron chi connectivity index (χ0n) is 23.0. The summed E-state index contributed by atoms with van der Waals surface area (Å²) in [6, 6.07) is 12.0. The monoisotopic (exact) mass is 603 g/mol. The number of carboxylic acid groups (broad SMARTS) is 1. The van der Waals surface area contributed by atoms with Crippen molar-refractivity contribution in [3.8, 4) is 17.1 Å². The van der Waals surface area contributed by atoms with Crippen LogP contribution in [0.2, 0.25) is 0 Å². The Morgan fingerprint density at radius 3 is 2.52 bits per heavy atom. The fourth-order valence-corrected chi connectivity index (χ4v) is 4.86. The highest BCUT2D eigenvalue weighted by atomic mass is 19.1. The summed E-state index contributed by atoms with van der Waals surface area (Å²) in [7, 11) is 0. The van der Waals surface area contributed by atoms with Gasteiger partial charge in [0.05, 0.1) is 34.9 Å². The van der Waals surface area contributed by atoms with Crippen LogP contribution in [0.25, 0.3) is 22.3 Å². The van der Waals surface area contributed by atoms with E-state index in [4.69, 9.17) is 15.2 Å². The van der Waals surface area contributed by atoms with E-state index in [1.807, 2.05) is 0 Å². The molecule has 224 valence electrons. The second kappa shape index (κ2) is 11.8. The van der Waals surface area contributed by atoms with Gasteiger partial charge in [-0.3, -0.25) is 9.78 Å². The molecule has 0 radical (unpaired) electrons. The molecule has 2 aromatic carbocycles. The summed E-state index contributed by atoms with van der Waals surface area (Å²) in [5.74, 6) is -3.67. The van der Waals surface area contributed by atoms with Gasteiger partial charge >= 0.3 is 5.97 Å². The fourth-order valence-electron chi connectivity index (χ4n) is 4.86. The largest absolute Gasteiger partial charge is 0.478 e. The van der Waals surface area contributed by atoms with Crippen molar-refractivity contribution in [3.05, 3.63) is 106 Å². The Hall–Kier alpha value is -5.30. The van der Waals surface area contributed by atoms with Crippen molar-refractivity contribution in [1.29, 1.82) is 0 Å². The van der Waals surface area contributed by atoms with E-state index in [9.17, 15) is 19.1 Å². The summed E-state index contributed by atoms with van der Waals surface area (Å²) < 4.78 is 58.1. The van der Waals surface area contributed by atoms with Crippen molar-refractivity contribution in [3.63, 3.8) is 0 Å². The molecule has 44 heavy (non-hydrogen) atoms. The van der Waals surface area contributed by atoms with Crippen LogP contribution in [0.4, 0.5) is 13.2 Å². The van der Waals surface area contributed by atoms with E-state index in [-0.39, 0.29) is 58.7 Å². The molecule has 10 nitrogen and oxygen atoms in total. The minimum Gasteiger partial charge on any atom is -0.478 e. The molecule has 6 rings (SSSR count). The molecule has 1 amide bonds. The number of imidazole rings is 1. The standard InChI is InChI=1S/C31H24F3N5O5/c32-21-11-20(24-2-1-3-29(38-24)44-15-18-13-36-26(30(35)40)12-22(18)33)23(34)8-17(21)10-28-37-25-5-4-16(31(41)42)9-27(25)39(28)14-19-6-7-43-19/h1-5,8-9,11-13,19H,6-7,10,14-15H2,(H2,35,40)(H,41,42). The predicted octanol–water partition coefficient (Wildman–Crippen LogP) is 4.67. The second-order valence-electron chi connectivity index (χ2n) is 10.2. The van der Waals surface area contributed by atoms with E-state index in [0.29, 0.717) is 30.0 Å². The van der Waals surface area contributed by atoms with Gasteiger partial charge in [0.15, 0.2) is 0 Å². The zero-order chi connectivity index (χ0) is 31.0. The van der Waals surface area contributed by atoms with Crippen LogP contribution in [0.15, 0.2) is 60.8 Å². The molecular formula is C31H24F3N5O5. The molecule has 1 aliphatic heterocycles. The first-order valence-electron chi connectivity index (χ1n) is 13.5. The van der Waals surface area contributed by atoms with Crippen LogP contribution in [0.3, 0.4) is 0 Å². The van der Waals surface area contributed by atoms with Crippen LogP contribution in [0.1, 0.15) is 44.2 Å². The third-order valence-corrected chi connectivity index (χ3v) is 7.30. The summed E-state index contributed by atoms with van der Waals surface area (Å²) >= 11 is 0. The quantitative estimate of drug-likeness (QED) is 0.235. The minimum absolute atomic E-state index is 0.0254. The van der Waals surface area contributed by atoms with Crippen molar-refractivity contribution in [1.82, 2.24) is 19.5 Å². The number of pyridine rings is 2. The van der Waals surface area contributed by atoms with Crippen molar-refractivity contribution in [2.24, 2.45) is 5.73 Å². The van der Waals surface area contributed by atoms with Crippen molar-refractivity contribution < 1.29 is 37.3 Å². The predicted molar refractivity (Wildman–Crippen MR) is 150 cm³/mol. The first-order valence-corrected chi connectivity index (χ1v) is 13.5. The molecule has 0 saturated carbocycles. The summed E-state index contributed by atoms with van der Waals surface area (Å²) in [6.07, 6.45) is 1.79.